The van der Waals surface area contributed by atoms with Crippen LogP contribution < -0.4 is 10.6 Å². The van der Waals surface area contributed by atoms with Gasteiger partial charge >= 0.3 is 6.03 Å². The number of carbonyl (C=O) groups excluding carboxylic acids is 1. The van der Waals surface area contributed by atoms with Gasteiger partial charge in [-0.2, -0.15) is 0 Å². The van der Waals surface area contributed by atoms with E-state index in [1.54, 1.807) is 0 Å². The van der Waals surface area contributed by atoms with Crippen LogP contribution in [0, 0.1) is 5.92 Å². The van der Waals surface area contributed by atoms with Gasteiger partial charge in [-0.3, -0.25) is 0 Å². The molecule has 0 aliphatic rings. The molecule has 0 spiro atoms. The number of hydrogen-bond acceptors (Lipinski definition) is 3. The third kappa shape index (κ3) is 3.97. The fraction of sp³-hybridized carbons (Fsp3) is 0.500. The molecule has 1 heterocycles. The Morgan fingerprint density at radius 3 is 2.62 bits per heavy atom. The quantitative estimate of drug-likeness (QED) is 0.887. The molecule has 0 bridgehead atoms. The number of para-hydroxylation sites is 2. The normalized spacial score (nSPS) is 14.1. The van der Waals surface area contributed by atoms with Crippen molar-refractivity contribution in [2.75, 3.05) is 6.54 Å². The second-order valence-corrected chi connectivity index (χ2v) is 5.81. The van der Waals surface area contributed by atoms with Gasteiger partial charge in [0.1, 0.15) is 5.52 Å². The first-order chi connectivity index (χ1) is 9.97. The number of urea groups is 1. The van der Waals surface area contributed by atoms with Crippen molar-refractivity contribution >= 4 is 17.1 Å². The van der Waals surface area contributed by atoms with E-state index in [-0.39, 0.29) is 18.0 Å². The molecule has 0 aliphatic heterocycles. The predicted octanol–water partition coefficient (Wildman–Crippen LogP) is 3.28. The molecule has 2 aromatic rings. The molecule has 2 atom stereocenters. The topological polar surface area (TPSA) is 67.2 Å². The Morgan fingerprint density at radius 2 is 1.95 bits per heavy atom. The van der Waals surface area contributed by atoms with E-state index in [0.717, 1.165) is 11.1 Å². The van der Waals surface area contributed by atoms with E-state index in [4.69, 9.17) is 4.42 Å². The van der Waals surface area contributed by atoms with Crippen LogP contribution in [0.5, 0.6) is 0 Å². The molecule has 2 N–H and O–H groups in total. The van der Waals surface area contributed by atoms with E-state index in [1.165, 1.54) is 0 Å². The van der Waals surface area contributed by atoms with Crippen molar-refractivity contribution in [1.82, 2.24) is 15.6 Å². The van der Waals surface area contributed by atoms with Crippen molar-refractivity contribution in [3.8, 4) is 0 Å². The number of amides is 2. The molecule has 2 amide bonds. The summed E-state index contributed by atoms with van der Waals surface area (Å²) in [6, 6.07) is 7.64. The van der Waals surface area contributed by atoms with Crippen molar-refractivity contribution in [3.05, 3.63) is 30.2 Å². The van der Waals surface area contributed by atoms with E-state index in [1.807, 2.05) is 38.1 Å². The summed E-state index contributed by atoms with van der Waals surface area (Å²) in [5, 5.41) is 5.77. The SMILES string of the molecule is CC(CNC(=O)NC(C)C(C)C)c1nc2ccccc2o1. The van der Waals surface area contributed by atoms with Crippen LogP contribution in [0.15, 0.2) is 28.7 Å². The third-order valence-corrected chi connectivity index (χ3v) is 3.66. The summed E-state index contributed by atoms with van der Waals surface area (Å²) in [6.07, 6.45) is 0. The van der Waals surface area contributed by atoms with Crippen LogP contribution in [-0.4, -0.2) is 23.6 Å². The van der Waals surface area contributed by atoms with Gasteiger partial charge in [-0.15, -0.1) is 0 Å². The number of rotatable bonds is 5. The summed E-state index contributed by atoms with van der Waals surface area (Å²) in [6.45, 7) is 8.62. The summed E-state index contributed by atoms with van der Waals surface area (Å²) in [4.78, 5) is 16.2. The van der Waals surface area contributed by atoms with E-state index in [2.05, 4.69) is 29.5 Å². The molecule has 114 valence electrons. The highest BCUT2D eigenvalue weighted by Crippen LogP contribution is 2.20. The smallest absolute Gasteiger partial charge is 0.315 e. The van der Waals surface area contributed by atoms with Gasteiger partial charge in [0.25, 0.3) is 0 Å². The highest BCUT2D eigenvalue weighted by molar-refractivity contribution is 5.74. The Hall–Kier alpha value is -2.04. The molecule has 0 saturated carbocycles. The van der Waals surface area contributed by atoms with Gasteiger partial charge in [0, 0.05) is 12.6 Å². The van der Waals surface area contributed by atoms with Crippen LogP contribution in [0.2, 0.25) is 0 Å². The van der Waals surface area contributed by atoms with Crippen molar-refractivity contribution in [2.24, 2.45) is 5.92 Å². The third-order valence-electron chi connectivity index (χ3n) is 3.66. The van der Waals surface area contributed by atoms with Gasteiger partial charge in [0.15, 0.2) is 11.5 Å². The number of nitrogens with zero attached hydrogens (tertiary/aromatic N) is 1. The van der Waals surface area contributed by atoms with Crippen molar-refractivity contribution in [2.45, 2.75) is 39.7 Å². The predicted molar refractivity (Wildman–Crippen MR) is 83.3 cm³/mol. The molecule has 1 aromatic heterocycles. The average Bonchev–Trinajstić information content (AvgIpc) is 2.88. The lowest BCUT2D eigenvalue weighted by molar-refractivity contribution is 0.233. The van der Waals surface area contributed by atoms with E-state index >= 15 is 0 Å². The van der Waals surface area contributed by atoms with Gasteiger partial charge in [0.2, 0.25) is 0 Å². The monoisotopic (exact) mass is 289 g/mol. The summed E-state index contributed by atoms with van der Waals surface area (Å²) in [5.41, 5.74) is 1.62. The molecule has 2 unspecified atom stereocenters. The van der Waals surface area contributed by atoms with Crippen LogP contribution in [0.25, 0.3) is 11.1 Å². The van der Waals surface area contributed by atoms with Gasteiger partial charge in [-0.1, -0.05) is 32.9 Å². The zero-order valence-corrected chi connectivity index (χ0v) is 13.0. The molecule has 0 aliphatic carbocycles. The molecule has 0 radical (unpaired) electrons. The number of oxazole rings is 1. The summed E-state index contributed by atoms with van der Waals surface area (Å²) in [7, 11) is 0. The Kier molecular flexibility index (Phi) is 4.83. The van der Waals surface area contributed by atoms with Gasteiger partial charge in [-0.05, 0) is 25.0 Å². The maximum absolute atomic E-state index is 11.8. The fourth-order valence-corrected chi connectivity index (χ4v) is 1.86. The average molecular weight is 289 g/mol. The lowest BCUT2D eigenvalue weighted by Crippen LogP contribution is -2.43. The zero-order valence-electron chi connectivity index (χ0n) is 13.0. The van der Waals surface area contributed by atoms with E-state index < -0.39 is 0 Å². The number of aromatic nitrogens is 1. The molecule has 0 fully saturated rings. The largest absolute Gasteiger partial charge is 0.440 e. The molecule has 0 saturated heterocycles. The summed E-state index contributed by atoms with van der Waals surface area (Å²) < 4.78 is 5.70. The van der Waals surface area contributed by atoms with Crippen LogP contribution in [0.3, 0.4) is 0 Å². The lowest BCUT2D eigenvalue weighted by atomic mass is 10.1. The second-order valence-electron chi connectivity index (χ2n) is 5.81. The molecular weight excluding hydrogens is 266 g/mol. The highest BCUT2D eigenvalue weighted by atomic mass is 16.3. The highest BCUT2D eigenvalue weighted by Gasteiger charge is 2.15. The first-order valence-electron chi connectivity index (χ1n) is 7.37. The van der Waals surface area contributed by atoms with E-state index in [0.29, 0.717) is 18.4 Å². The standard InChI is InChI=1S/C16H23N3O2/c1-10(2)12(4)18-16(20)17-9-11(3)15-19-13-7-5-6-8-14(13)21-15/h5-8,10-12H,9H2,1-4H3,(H2,17,18,20). The van der Waals surface area contributed by atoms with Crippen LogP contribution in [0.4, 0.5) is 4.79 Å². The Balaban J connectivity index is 1.89. The number of fused-ring (bicyclic) bond motifs is 1. The Morgan fingerprint density at radius 1 is 1.24 bits per heavy atom. The number of benzene rings is 1. The minimum absolute atomic E-state index is 0.0255. The Labute approximate surface area is 125 Å². The minimum atomic E-state index is -0.154. The van der Waals surface area contributed by atoms with Gasteiger partial charge in [0.05, 0.1) is 5.92 Å². The molecule has 1 aromatic carbocycles. The van der Waals surface area contributed by atoms with Crippen molar-refractivity contribution in [1.29, 1.82) is 0 Å². The fourth-order valence-electron chi connectivity index (χ4n) is 1.86. The zero-order chi connectivity index (χ0) is 15.4. The van der Waals surface area contributed by atoms with Crippen molar-refractivity contribution < 1.29 is 9.21 Å². The Bertz CT molecular complexity index is 573. The maximum Gasteiger partial charge on any atom is 0.315 e. The molecule has 5 heteroatoms. The lowest BCUT2D eigenvalue weighted by Gasteiger charge is -2.18. The molecule has 21 heavy (non-hydrogen) atoms. The van der Waals surface area contributed by atoms with Crippen LogP contribution in [0.1, 0.15) is 39.5 Å². The van der Waals surface area contributed by atoms with Crippen molar-refractivity contribution in [3.63, 3.8) is 0 Å². The molecular formula is C16H23N3O2. The minimum Gasteiger partial charge on any atom is -0.440 e. The number of carbonyl (C=O) groups is 1. The van der Waals surface area contributed by atoms with Crippen LogP contribution in [-0.2, 0) is 0 Å². The van der Waals surface area contributed by atoms with E-state index in [9.17, 15) is 4.79 Å². The van der Waals surface area contributed by atoms with Gasteiger partial charge < -0.3 is 15.1 Å². The molecule has 5 nitrogen and oxygen atoms in total. The summed E-state index contributed by atoms with van der Waals surface area (Å²) >= 11 is 0. The van der Waals surface area contributed by atoms with Crippen LogP contribution >= 0.6 is 0 Å². The molecule has 2 rings (SSSR count). The first-order valence-corrected chi connectivity index (χ1v) is 7.37. The number of nitrogens with one attached hydrogen (secondary N) is 2. The maximum atomic E-state index is 11.8. The summed E-state index contributed by atoms with van der Waals surface area (Å²) in [5.74, 6) is 1.08. The van der Waals surface area contributed by atoms with Gasteiger partial charge in [-0.25, -0.2) is 9.78 Å². The first kappa shape index (κ1) is 15.4. The number of hydrogen-bond donors (Lipinski definition) is 2. The second kappa shape index (κ2) is 6.61.